The summed E-state index contributed by atoms with van der Waals surface area (Å²) >= 11 is 4.48. The number of nitrogens with one attached hydrogen (secondary N) is 1. The third-order valence-corrected chi connectivity index (χ3v) is 6.14. The molecule has 29 heavy (non-hydrogen) atoms. The van der Waals surface area contributed by atoms with Crippen LogP contribution >= 0.6 is 27.7 Å². The maximum atomic E-state index is 12.8. The van der Waals surface area contributed by atoms with Crippen LogP contribution in [0.25, 0.3) is 0 Å². The van der Waals surface area contributed by atoms with Crippen molar-refractivity contribution in [3.8, 4) is 6.07 Å². The van der Waals surface area contributed by atoms with Crippen molar-refractivity contribution in [1.29, 1.82) is 5.26 Å². The van der Waals surface area contributed by atoms with Gasteiger partial charge in [-0.25, -0.2) is 0 Å². The number of nitrogens with zero attached hydrogens (tertiary/aromatic N) is 2. The topological polar surface area (TPSA) is 99.5 Å². The average Bonchev–Trinajstić information content (AvgIpc) is 2.71. The lowest BCUT2D eigenvalue weighted by molar-refractivity contribution is -0.150. The molecule has 0 fully saturated rings. The fourth-order valence-electron chi connectivity index (χ4n) is 3.18. The highest BCUT2D eigenvalue weighted by Gasteiger charge is 2.44. The lowest BCUT2D eigenvalue weighted by Gasteiger charge is -2.31. The van der Waals surface area contributed by atoms with Crippen LogP contribution in [0.3, 0.4) is 0 Å². The fraction of sp³-hybridized carbons (Fsp3) is 0.400. The van der Waals surface area contributed by atoms with Crippen molar-refractivity contribution in [1.82, 2.24) is 10.2 Å². The van der Waals surface area contributed by atoms with Crippen LogP contribution < -0.4 is 5.32 Å². The van der Waals surface area contributed by atoms with Crippen LogP contribution in [-0.2, 0) is 19.1 Å². The van der Waals surface area contributed by atoms with E-state index in [1.54, 1.807) is 23.1 Å². The van der Waals surface area contributed by atoms with Crippen LogP contribution in [0.2, 0.25) is 0 Å². The number of nitriles is 1. The van der Waals surface area contributed by atoms with E-state index >= 15 is 0 Å². The summed E-state index contributed by atoms with van der Waals surface area (Å²) in [6, 6.07) is 9.23. The Balaban J connectivity index is 2.47. The normalized spacial score (nSPS) is 18.7. The minimum atomic E-state index is -1.19. The van der Waals surface area contributed by atoms with Gasteiger partial charge < -0.3 is 15.0 Å². The maximum Gasteiger partial charge on any atom is 0.319 e. The minimum Gasteiger partial charge on any atom is -0.468 e. The van der Waals surface area contributed by atoms with Gasteiger partial charge >= 0.3 is 5.97 Å². The van der Waals surface area contributed by atoms with Gasteiger partial charge in [0.25, 0.3) is 0 Å². The Morgan fingerprint density at radius 2 is 2.03 bits per heavy atom. The van der Waals surface area contributed by atoms with Gasteiger partial charge in [-0.1, -0.05) is 39.8 Å². The number of hydrogen-bond acceptors (Lipinski definition) is 6. The molecule has 1 heterocycles. The second-order valence-electron chi connectivity index (χ2n) is 6.23. The molecule has 1 N–H and O–H groups in total. The molecule has 0 saturated heterocycles. The van der Waals surface area contributed by atoms with E-state index < -0.39 is 23.7 Å². The van der Waals surface area contributed by atoms with Gasteiger partial charge in [0.15, 0.2) is 0 Å². The molecule has 0 radical (unpaired) electrons. The Labute approximate surface area is 182 Å². The number of ether oxygens (including phenoxy) is 1. The number of esters is 1. The molecule has 0 unspecified atom stereocenters. The van der Waals surface area contributed by atoms with Gasteiger partial charge in [0.2, 0.25) is 11.8 Å². The SMILES string of the molecule is CCN(CC)C(=O)CSC1=C(C#N)[C@@H](c2cccc(Br)c2)[C@@H](C(=O)OC)C(=O)N1. The maximum absolute atomic E-state index is 12.8. The molecule has 0 spiro atoms. The van der Waals surface area contributed by atoms with Crippen molar-refractivity contribution in [2.75, 3.05) is 26.0 Å². The van der Waals surface area contributed by atoms with Crippen LogP contribution in [0.1, 0.15) is 25.3 Å². The molecule has 154 valence electrons. The number of rotatable bonds is 7. The highest BCUT2D eigenvalue weighted by Crippen LogP contribution is 2.40. The van der Waals surface area contributed by atoms with E-state index in [1.165, 1.54) is 7.11 Å². The fourth-order valence-corrected chi connectivity index (χ4v) is 4.55. The molecule has 0 aliphatic carbocycles. The van der Waals surface area contributed by atoms with Crippen LogP contribution in [0, 0.1) is 17.2 Å². The quantitative estimate of drug-likeness (QED) is 0.476. The van der Waals surface area contributed by atoms with Crippen molar-refractivity contribution in [3.05, 3.63) is 44.9 Å². The zero-order valence-corrected chi connectivity index (χ0v) is 18.8. The first-order valence-electron chi connectivity index (χ1n) is 9.06. The summed E-state index contributed by atoms with van der Waals surface area (Å²) in [7, 11) is 1.20. The van der Waals surface area contributed by atoms with Gasteiger partial charge in [0.1, 0.15) is 5.92 Å². The largest absolute Gasteiger partial charge is 0.468 e. The first-order chi connectivity index (χ1) is 13.9. The van der Waals surface area contributed by atoms with Gasteiger partial charge in [-0.05, 0) is 31.5 Å². The van der Waals surface area contributed by atoms with E-state index in [-0.39, 0.29) is 17.2 Å². The molecule has 0 saturated carbocycles. The monoisotopic (exact) mass is 479 g/mol. The summed E-state index contributed by atoms with van der Waals surface area (Å²) in [5.74, 6) is -3.27. The number of methoxy groups -OCH3 is 1. The molecule has 2 rings (SSSR count). The Morgan fingerprint density at radius 3 is 2.59 bits per heavy atom. The molecule has 1 aliphatic heterocycles. The first kappa shape index (κ1) is 23.0. The Hall–Kier alpha value is -2.31. The third-order valence-electron chi connectivity index (χ3n) is 4.65. The lowest BCUT2D eigenvalue weighted by Crippen LogP contribution is -2.44. The standard InChI is InChI=1S/C20H22BrN3O4S/c1-4-24(5-2)15(25)11-29-19-14(10-22)16(12-7-6-8-13(21)9-12)17(18(26)23-19)20(27)28-3/h6-9,16-17H,4-5,11H2,1-3H3,(H,23,26)/t16-,17-/m1/s1. The third kappa shape index (κ3) is 5.19. The number of thioether (sulfide) groups is 1. The number of amides is 2. The number of benzene rings is 1. The first-order valence-corrected chi connectivity index (χ1v) is 10.8. The molecular formula is C20H22BrN3O4S. The van der Waals surface area contributed by atoms with Crippen LogP contribution in [0.5, 0.6) is 0 Å². The van der Waals surface area contributed by atoms with Gasteiger partial charge in [-0.15, -0.1) is 0 Å². The van der Waals surface area contributed by atoms with Crippen LogP contribution in [0.15, 0.2) is 39.3 Å². The molecule has 9 heteroatoms. The van der Waals surface area contributed by atoms with Crippen LogP contribution in [0.4, 0.5) is 0 Å². The predicted molar refractivity (Wildman–Crippen MR) is 114 cm³/mol. The summed E-state index contributed by atoms with van der Waals surface area (Å²) in [6.07, 6.45) is 0. The summed E-state index contributed by atoms with van der Waals surface area (Å²) in [6.45, 7) is 4.94. The lowest BCUT2D eigenvalue weighted by atomic mass is 9.78. The molecule has 0 aromatic heterocycles. The van der Waals surface area contributed by atoms with Crippen LogP contribution in [-0.4, -0.2) is 48.6 Å². The summed E-state index contributed by atoms with van der Waals surface area (Å²) in [4.78, 5) is 39.1. The smallest absolute Gasteiger partial charge is 0.319 e. The van der Waals surface area contributed by atoms with E-state index in [0.29, 0.717) is 23.7 Å². The van der Waals surface area contributed by atoms with Gasteiger partial charge in [0.05, 0.1) is 29.5 Å². The number of allylic oxidation sites excluding steroid dienone is 1. The summed E-state index contributed by atoms with van der Waals surface area (Å²) in [5, 5.41) is 12.8. The molecule has 1 aromatic rings. The van der Waals surface area contributed by atoms with Gasteiger partial charge in [0, 0.05) is 23.5 Å². The van der Waals surface area contributed by atoms with Crippen molar-refractivity contribution in [2.45, 2.75) is 19.8 Å². The Bertz CT molecular complexity index is 877. The highest BCUT2D eigenvalue weighted by atomic mass is 79.9. The molecule has 7 nitrogen and oxygen atoms in total. The Morgan fingerprint density at radius 1 is 1.34 bits per heavy atom. The molecule has 1 aromatic carbocycles. The number of carbonyl (C=O) groups excluding carboxylic acids is 3. The van der Waals surface area contributed by atoms with Gasteiger partial charge in [-0.3, -0.25) is 14.4 Å². The summed E-state index contributed by atoms with van der Waals surface area (Å²) < 4.78 is 5.58. The second-order valence-corrected chi connectivity index (χ2v) is 8.13. The number of halogens is 1. The molecule has 1 aliphatic rings. The zero-order valence-electron chi connectivity index (χ0n) is 16.4. The van der Waals surface area contributed by atoms with E-state index in [0.717, 1.165) is 16.2 Å². The number of carbonyl (C=O) groups is 3. The van der Waals surface area contributed by atoms with Crippen molar-refractivity contribution in [3.63, 3.8) is 0 Å². The average molecular weight is 480 g/mol. The molecular weight excluding hydrogens is 458 g/mol. The van der Waals surface area contributed by atoms with Gasteiger partial charge in [-0.2, -0.15) is 5.26 Å². The Kier molecular flexibility index (Phi) is 8.29. The minimum absolute atomic E-state index is 0.0799. The van der Waals surface area contributed by atoms with Crippen molar-refractivity contribution < 1.29 is 19.1 Å². The summed E-state index contributed by atoms with van der Waals surface area (Å²) in [5.41, 5.74) is 0.866. The number of hydrogen-bond donors (Lipinski definition) is 1. The van der Waals surface area contributed by atoms with Crippen molar-refractivity contribution >= 4 is 45.5 Å². The zero-order chi connectivity index (χ0) is 21.6. The van der Waals surface area contributed by atoms with E-state index in [9.17, 15) is 19.6 Å². The molecule has 2 atom stereocenters. The molecule has 0 bridgehead atoms. The van der Waals surface area contributed by atoms with E-state index in [1.807, 2.05) is 19.9 Å². The van der Waals surface area contributed by atoms with E-state index in [4.69, 9.17) is 4.74 Å². The van der Waals surface area contributed by atoms with E-state index in [2.05, 4.69) is 27.3 Å². The highest BCUT2D eigenvalue weighted by molar-refractivity contribution is 9.10. The van der Waals surface area contributed by atoms with Crippen molar-refractivity contribution in [2.24, 2.45) is 5.92 Å². The molecule has 2 amide bonds. The predicted octanol–water partition coefficient (Wildman–Crippen LogP) is 2.79. The second kappa shape index (κ2) is 10.5.